The molecule has 128 valence electrons. The number of hydrogen-bond donors (Lipinski definition) is 1. The van der Waals surface area contributed by atoms with Gasteiger partial charge >= 0.3 is 6.09 Å². The van der Waals surface area contributed by atoms with Crippen molar-refractivity contribution in [2.75, 3.05) is 26.2 Å². The van der Waals surface area contributed by atoms with Crippen LogP contribution in [0, 0.1) is 5.92 Å². The van der Waals surface area contributed by atoms with Crippen LogP contribution in [0.4, 0.5) is 4.79 Å². The van der Waals surface area contributed by atoms with Gasteiger partial charge in [0.15, 0.2) is 0 Å². The zero-order valence-electron chi connectivity index (χ0n) is 14.6. The van der Waals surface area contributed by atoms with Gasteiger partial charge in [-0.1, -0.05) is 0 Å². The molecule has 6 nitrogen and oxygen atoms in total. The fourth-order valence-corrected chi connectivity index (χ4v) is 2.70. The van der Waals surface area contributed by atoms with E-state index >= 15 is 0 Å². The summed E-state index contributed by atoms with van der Waals surface area (Å²) in [6.45, 7) is 11.6. The number of carbonyl (C=O) groups is 2. The van der Waals surface area contributed by atoms with Crippen molar-refractivity contribution in [2.24, 2.45) is 11.7 Å². The van der Waals surface area contributed by atoms with Crippen LogP contribution in [0.15, 0.2) is 0 Å². The van der Waals surface area contributed by atoms with Crippen LogP contribution in [-0.2, 0) is 9.53 Å². The first-order chi connectivity index (χ1) is 10.1. The molecule has 6 heteroatoms. The Morgan fingerprint density at radius 2 is 2.00 bits per heavy atom. The molecule has 1 rings (SSSR count). The van der Waals surface area contributed by atoms with Crippen LogP contribution in [0.2, 0.25) is 0 Å². The minimum absolute atomic E-state index is 0.0285. The number of ether oxygens (including phenoxy) is 1. The topological polar surface area (TPSA) is 75.9 Å². The molecule has 0 aromatic rings. The molecule has 0 bridgehead atoms. The van der Waals surface area contributed by atoms with Crippen molar-refractivity contribution >= 4 is 12.0 Å². The van der Waals surface area contributed by atoms with E-state index in [-0.39, 0.29) is 30.5 Å². The Hall–Kier alpha value is -1.30. The molecule has 0 radical (unpaired) electrons. The van der Waals surface area contributed by atoms with Crippen LogP contribution >= 0.6 is 0 Å². The fraction of sp³-hybridized carbons (Fsp3) is 0.875. The molecule has 0 aromatic carbocycles. The van der Waals surface area contributed by atoms with E-state index in [4.69, 9.17) is 10.5 Å². The van der Waals surface area contributed by atoms with Crippen molar-refractivity contribution in [1.29, 1.82) is 0 Å². The van der Waals surface area contributed by atoms with Crippen LogP contribution in [0.5, 0.6) is 0 Å². The summed E-state index contributed by atoms with van der Waals surface area (Å²) in [5.74, 6) is 0.239. The summed E-state index contributed by atoms with van der Waals surface area (Å²) in [5, 5.41) is 0. The second kappa shape index (κ2) is 7.81. The van der Waals surface area contributed by atoms with Crippen molar-refractivity contribution in [3.63, 3.8) is 0 Å². The van der Waals surface area contributed by atoms with Gasteiger partial charge < -0.3 is 20.3 Å². The molecule has 0 spiro atoms. The Morgan fingerprint density at radius 1 is 1.36 bits per heavy atom. The number of likely N-dealkylation sites (tertiary alicyclic amines) is 1. The van der Waals surface area contributed by atoms with Crippen LogP contribution in [0.3, 0.4) is 0 Å². The number of nitrogens with two attached hydrogens (primary N) is 1. The van der Waals surface area contributed by atoms with Gasteiger partial charge in [-0.2, -0.15) is 0 Å². The minimum atomic E-state index is -0.483. The summed E-state index contributed by atoms with van der Waals surface area (Å²) >= 11 is 0. The molecular formula is C16H31N3O3. The lowest BCUT2D eigenvalue weighted by molar-refractivity contribution is -0.132. The molecule has 1 fully saturated rings. The summed E-state index contributed by atoms with van der Waals surface area (Å²) in [5.41, 5.74) is 5.00. The van der Waals surface area contributed by atoms with E-state index in [2.05, 4.69) is 0 Å². The molecule has 0 aliphatic carbocycles. The summed E-state index contributed by atoms with van der Waals surface area (Å²) < 4.78 is 5.43. The van der Waals surface area contributed by atoms with E-state index in [0.717, 1.165) is 19.4 Å². The maximum atomic E-state index is 12.2. The molecule has 2 N–H and O–H groups in total. The lowest BCUT2D eigenvalue weighted by atomic mass is 9.97. The van der Waals surface area contributed by atoms with E-state index in [0.29, 0.717) is 13.1 Å². The van der Waals surface area contributed by atoms with E-state index in [1.807, 2.05) is 39.5 Å². The number of rotatable bonds is 4. The first-order valence-corrected chi connectivity index (χ1v) is 8.11. The van der Waals surface area contributed by atoms with Gasteiger partial charge in [0, 0.05) is 25.7 Å². The van der Waals surface area contributed by atoms with Crippen molar-refractivity contribution in [2.45, 2.75) is 59.1 Å². The van der Waals surface area contributed by atoms with E-state index in [1.54, 1.807) is 4.90 Å². The van der Waals surface area contributed by atoms with Gasteiger partial charge in [0.1, 0.15) is 5.60 Å². The van der Waals surface area contributed by atoms with Crippen molar-refractivity contribution in [3.05, 3.63) is 0 Å². The molecule has 1 saturated heterocycles. The Kier molecular flexibility index (Phi) is 6.66. The third-order valence-corrected chi connectivity index (χ3v) is 3.74. The summed E-state index contributed by atoms with van der Waals surface area (Å²) in [6.07, 6.45) is 1.69. The summed E-state index contributed by atoms with van der Waals surface area (Å²) in [7, 11) is 0. The Labute approximate surface area is 134 Å². The van der Waals surface area contributed by atoms with E-state index in [9.17, 15) is 9.59 Å². The number of amides is 2. The maximum absolute atomic E-state index is 12.2. The standard InChI is InChI=1S/C16H31N3O3/c1-12(2)19(14(20)9-17)11-13-7-6-8-18(10-13)15(21)22-16(3,4)5/h12-13H,6-11,17H2,1-5H3/t13-/m1/s1. The Morgan fingerprint density at radius 3 is 2.50 bits per heavy atom. The van der Waals surface area contributed by atoms with Crippen LogP contribution < -0.4 is 5.73 Å². The lowest BCUT2D eigenvalue weighted by Gasteiger charge is -2.37. The van der Waals surface area contributed by atoms with Crippen LogP contribution in [-0.4, -0.2) is 59.6 Å². The first kappa shape index (κ1) is 18.7. The second-order valence-corrected chi connectivity index (χ2v) is 7.28. The summed E-state index contributed by atoms with van der Waals surface area (Å²) in [6, 6.07) is 0.118. The maximum Gasteiger partial charge on any atom is 0.410 e. The minimum Gasteiger partial charge on any atom is -0.444 e. The van der Waals surface area contributed by atoms with Crippen LogP contribution in [0.1, 0.15) is 47.5 Å². The number of nitrogens with zero attached hydrogens (tertiary/aromatic N) is 2. The molecule has 0 unspecified atom stereocenters. The molecule has 0 saturated carbocycles. The first-order valence-electron chi connectivity index (χ1n) is 8.11. The smallest absolute Gasteiger partial charge is 0.410 e. The molecule has 1 aliphatic rings. The van der Waals surface area contributed by atoms with Crippen molar-refractivity contribution in [1.82, 2.24) is 9.80 Å². The molecule has 22 heavy (non-hydrogen) atoms. The number of hydrogen-bond acceptors (Lipinski definition) is 4. The molecule has 2 amide bonds. The number of carbonyl (C=O) groups excluding carboxylic acids is 2. The Bertz CT molecular complexity index is 391. The molecule has 1 heterocycles. The van der Waals surface area contributed by atoms with Gasteiger partial charge in [0.05, 0.1) is 6.54 Å². The lowest BCUT2D eigenvalue weighted by Crippen LogP contribution is -2.49. The largest absolute Gasteiger partial charge is 0.444 e. The zero-order valence-corrected chi connectivity index (χ0v) is 14.6. The fourth-order valence-electron chi connectivity index (χ4n) is 2.70. The Balaban J connectivity index is 2.62. The van der Waals surface area contributed by atoms with Gasteiger partial charge in [0.2, 0.25) is 5.91 Å². The molecular weight excluding hydrogens is 282 g/mol. The second-order valence-electron chi connectivity index (χ2n) is 7.28. The third kappa shape index (κ3) is 5.83. The number of piperidine rings is 1. The monoisotopic (exact) mass is 313 g/mol. The average Bonchev–Trinajstić information content (AvgIpc) is 2.42. The quantitative estimate of drug-likeness (QED) is 0.859. The molecule has 1 atom stereocenters. The van der Waals surface area contributed by atoms with Gasteiger partial charge in [-0.15, -0.1) is 0 Å². The predicted molar refractivity (Wildman–Crippen MR) is 86.4 cm³/mol. The van der Waals surface area contributed by atoms with Crippen molar-refractivity contribution in [3.8, 4) is 0 Å². The normalized spacial score (nSPS) is 19.2. The highest BCUT2D eigenvalue weighted by molar-refractivity contribution is 5.78. The summed E-state index contributed by atoms with van der Waals surface area (Å²) in [4.78, 5) is 27.7. The molecule has 0 aromatic heterocycles. The zero-order chi connectivity index (χ0) is 16.9. The van der Waals surface area contributed by atoms with Gasteiger partial charge in [-0.05, 0) is 53.4 Å². The van der Waals surface area contributed by atoms with E-state index < -0.39 is 5.60 Å². The highest BCUT2D eigenvalue weighted by Gasteiger charge is 2.29. The average molecular weight is 313 g/mol. The van der Waals surface area contributed by atoms with Gasteiger partial charge in [-0.25, -0.2) is 4.79 Å². The van der Waals surface area contributed by atoms with Crippen molar-refractivity contribution < 1.29 is 14.3 Å². The third-order valence-electron chi connectivity index (χ3n) is 3.74. The highest BCUT2D eigenvalue weighted by Crippen LogP contribution is 2.21. The molecule has 1 aliphatic heterocycles. The SMILES string of the molecule is CC(C)N(C[C@@H]1CCCN(C(=O)OC(C)(C)C)C1)C(=O)CN. The van der Waals surface area contributed by atoms with Gasteiger partial charge in [0.25, 0.3) is 0 Å². The van der Waals surface area contributed by atoms with Crippen LogP contribution in [0.25, 0.3) is 0 Å². The highest BCUT2D eigenvalue weighted by atomic mass is 16.6. The van der Waals surface area contributed by atoms with E-state index in [1.165, 1.54) is 0 Å². The van der Waals surface area contributed by atoms with Gasteiger partial charge in [-0.3, -0.25) is 4.79 Å². The predicted octanol–water partition coefficient (Wildman–Crippen LogP) is 1.83.